The number of rotatable bonds is 5. The molecule has 0 saturated heterocycles. The summed E-state index contributed by atoms with van der Waals surface area (Å²) in [5.74, 6) is -1.69. The van der Waals surface area contributed by atoms with E-state index < -0.39 is 17.5 Å². The van der Waals surface area contributed by atoms with Crippen LogP contribution in [0.1, 0.15) is 21.6 Å². The standard InChI is InChI=1S/C19H16F2N6O2/c1-26-7-13(6-23-26)12-4-15(20)14(16(21)5-12)9-27-8-11-2-3-17(22-10-24-29)25-18(11)19(27)28/h2-7,10,29H,8-9H2,1H3,(H,22,24,25). The largest absolute Gasteiger partial charge is 0.328 e. The maximum absolute atomic E-state index is 14.6. The summed E-state index contributed by atoms with van der Waals surface area (Å²) in [6.45, 7) is -0.0381. The van der Waals surface area contributed by atoms with Crippen LogP contribution in [-0.4, -0.2) is 37.1 Å². The molecule has 1 aromatic carbocycles. The highest BCUT2D eigenvalue weighted by molar-refractivity contribution is 5.96. The van der Waals surface area contributed by atoms with Crippen molar-refractivity contribution >= 4 is 18.1 Å². The maximum atomic E-state index is 14.6. The molecule has 3 aromatic rings. The fraction of sp³-hybridized carbons (Fsp3) is 0.158. The fourth-order valence-corrected chi connectivity index (χ4v) is 3.19. The molecule has 2 aromatic heterocycles. The van der Waals surface area contributed by atoms with Gasteiger partial charge in [-0.1, -0.05) is 6.07 Å². The van der Waals surface area contributed by atoms with E-state index in [1.807, 2.05) is 0 Å². The van der Waals surface area contributed by atoms with Gasteiger partial charge in [-0.2, -0.15) is 5.10 Å². The normalized spacial score (nSPS) is 13.4. The fourth-order valence-electron chi connectivity index (χ4n) is 3.19. The van der Waals surface area contributed by atoms with Crippen LogP contribution in [-0.2, 0) is 20.1 Å². The lowest BCUT2D eigenvalue weighted by molar-refractivity contribution is 0.0759. The number of amides is 1. The van der Waals surface area contributed by atoms with Crippen LogP contribution >= 0.6 is 0 Å². The van der Waals surface area contributed by atoms with Crippen LogP contribution in [0, 0.1) is 11.6 Å². The lowest BCUT2D eigenvalue weighted by Crippen LogP contribution is -2.24. The van der Waals surface area contributed by atoms with Crippen molar-refractivity contribution in [2.24, 2.45) is 12.0 Å². The molecule has 0 bridgehead atoms. The molecule has 3 heterocycles. The number of aromatic nitrogens is 3. The minimum absolute atomic E-state index is 0.172. The molecule has 2 N–H and O–H groups in total. The Bertz CT molecular complexity index is 1100. The van der Waals surface area contributed by atoms with Crippen LogP contribution in [0.5, 0.6) is 0 Å². The van der Waals surface area contributed by atoms with Crippen molar-refractivity contribution in [3.8, 4) is 11.1 Å². The number of fused-ring (bicyclic) bond motifs is 1. The quantitative estimate of drug-likeness (QED) is 0.391. The Kier molecular flexibility index (Phi) is 4.77. The molecule has 0 atom stereocenters. The van der Waals surface area contributed by atoms with Crippen molar-refractivity contribution in [1.82, 2.24) is 25.1 Å². The first kappa shape index (κ1) is 18.7. The molecule has 1 aliphatic heterocycles. The lowest BCUT2D eigenvalue weighted by atomic mass is 10.1. The summed E-state index contributed by atoms with van der Waals surface area (Å²) < 4.78 is 30.8. The molecule has 0 radical (unpaired) electrons. The van der Waals surface area contributed by atoms with E-state index in [0.29, 0.717) is 16.7 Å². The second kappa shape index (κ2) is 7.40. The average molecular weight is 398 g/mol. The van der Waals surface area contributed by atoms with Crippen molar-refractivity contribution in [3.63, 3.8) is 0 Å². The Labute approximate surface area is 164 Å². The first-order valence-corrected chi connectivity index (χ1v) is 8.64. The number of carbonyl (C=O) groups is 1. The minimum atomic E-state index is -0.736. The smallest absolute Gasteiger partial charge is 0.273 e. The number of benzene rings is 1. The molecule has 1 amide bonds. The van der Waals surface area contributed by atoms with Crippen LogP contribution in [0.3, 0.4) is 0 Å². The van der Waals surface area contributed by atoms with Gasteiger partial charge in [-0.05, 0) is 23.8 Å². The van der Waals surface area contributed by atoms with Gasteiger partial charge in [0.15, 0.2) is 5.82 Å². The summed E-state index contributed by atoms with van der Waals surface area (Å²) in [7, 11) is 1.71. The zero-order chi connectivity index (χ0) is 20.5. The van der Waals surface area contributed by atoms with Crippen molar-refractivity contribution in [1.29, 1.82) is 0 Å². The Morgan fingerprint density at radius 2 is 2.03 bits per heavy atom. The van der Waals surface area contributed by atoms with Crippen molar-refractivity contribution in [2.75, 3.05) is 0 Å². The number of nitrogens with one attached hydrogen (secondary N) is 1. The molecule has 0 saturated carbocycles. The number of hydroxylamine groups is 1. The van der Waals surface area contributed by atoms with E-state index in [4.69, 9.17) is 5.21 Å². The molecular formula is C19H16F2N6O2. The highest BCUT2D eigenvalue weighted by atomic mass is 19.1. The van der Waals surface area contributed by atoms with Gasteiger partial charge in [0.2, 0.25) is 0 Å². The number of aryl methyl sites for hydroxylation is 1. The van der Waals surface area contributed by atoms with Gasteiger partial charge in [-0.15, -0.1) is 0 Å². The molecular weight excluding hydrogens is 382 g/mol. The molecule has 1 aliphatic rings. The van der Waals surface area contributed by atoms with Gasteiger partial charge in [-0.25, -0.2) is 18.8 Å². The second-order valence-electron chi connectivity index (χ2n) is 6.55. The predicted octanol–water partition coefficient (Wildman–Crippen LogP) is 2.55. The molecule has 148 valence electrons. The van der Waals surface area contributed by atoms with Crippen LogP contribution in [0.2, 0.25) is 0 Å². The topological polar surface area (TPSA) is 95.6 Å². The van der Waals surface area contributed by atoms with Gasteiger partial charge in [0.05, 0.1) is 12.7 Å². The summed E-state index contributed by atoms with van der Waals surface area (Å²) in [5.41, 5.74) is 3.33. The summed E-state index contributed by atoms with van der Waals surface area (Å²) in [6.07, 6.45) is 4.19. The van der Waals surface area contributed by atoms with Crippen molar-refractivity contribution in [3.05, 3.63) is 65.1 Å². The van der Waals surface area contributed by atoms with Crippen LogP contribution in [0.15, 0.2) is 41.7 Å². The van der Waals surface area contributed by atoms with Gasteiger partial charge in [0, 0.05) is 36.5 Å². The van der Waals surface area contributed by atoms with Crippen LogP contribution in [0.4, 0.5) is 14.6 Å². The molecule has 29 heavy (non-hydrogen) atoms. The van der Waals surface area contributed by atoms with Gasteiger partial charge >= 0.3 is 0 Å². The predicted molar refractivity (Wildman–Crippen MR) is 99.4 cm³/mol. The third-order valence-electron chi connectivity index (χ3n) is 4.60. The zero-order valence-electron chi connectivity index (χ0n) is 15.3. The Balaban J connectivity index is 1.58. The third kappa shape index (κ3) is 3.57. The van der Waals surface area contributed by atoms with Gasteiger partial charge in [0.1, 0.15) is 23.7 Å². The number of nitrogens with zero attached hydrogens (tertiary/aromatic N) is 5. The lowest BCUT2D eigenvalue weighted by Gasteiger charge is -2.17. The van der Waals surface area contributed by atoms with E-state index in [0.717, 1.165) is 6.34 Å². The highest BCUT2D eigenvalue weighted by Crippen LogP contribution is 2.29. The van der Waals surface area contributed by atoms with Crippen LogP contribution in [0.25, 0.3) is 11.1 Å². The molecule has 10 heteroatoms. The monoisotopic (exact) mass is 398 g/mol. The minimum Gasteiger partial charge on any atom is -0.328 e. The Morgan fingerprint density at radius 1 is 1.28 bits per heavy atom. The number of halogens is 2. The van der Waals surface area contributed by atoms with Gasteiger partial charge < -0.3 is 4.90 Å². The number of aliphatic imine (C=N–C) groups is 1. The Hall–Kier alpha value is -3.66. The van der Waals surface area contributed by atoms with Gasteiger partial charge in [-0.3, -0.25) is 20.2 Å². The maximum Gasteiger partial charge on any atom is 0.273 e. The molecule has 0 unspecified atom stereocenters. The van der Waals surface area contributed by atoms with E-state index in [1.54, 1.807) is 35.5 Å². The molecule has 0 spiro atoms. The zero-order valence-corrected chi connectivity index (χ0v) is 15.3. The summed E-state index contributed by atoms with van der Waals surface area (Å²) in [6, 6.07) is 5.71. The second-order valence-corrected chi connectivity index (χ2v) is 6.55. The van der Waals surface area contributed by atoms with E-state index in [2.05, 4.69) is 15.1 Å². The SMILES string of the molecule is Cn1cc(-c2cc(F)c(CN3Cc4ccc(N=CNO)nc4C3=O)c(F)c2)cn1. The summed E-state index contributed by atoms with van der Waals surface area (Å²) in [5, 5.41) is 12.5. The van der Waals surface area contributed by atoms with E-state index >= 15 is 0 Å². The first-order valence-electron chi connectivity index (χ1n) is 8.64. The third-order valence-corrected chi connectivity index (χ3v) is 4.60. The van der Waals surface area contributed by atoms with E-state index in [-0.39, 0.29) is 30.2 Å². The number of pyridine rings is 1. The summed E-state index contributed by atoms with van der Waals surface area (Å²) >= 11 is 0. The van der Waals surface area contributed by atoms with Crippen LogP contribution < -0.4 is 5.48 Å². The van der Waals surface area contributed by atoms with Crippen molar-refractivity contribution < 1.29 is 18.8 Å². The van der Waals surface area contributed by atoms with Gasteiger partial charge in [0.25, 0.3) is 5.91 Å². The molecule has 8 nitrogen and oxygen atoms in total. The number of carbonyl (C=O) groups excluding carboxylic acids is 1. The molecule has 4 rings (SSSR count). The summed E-state index contributed by atoms with van der Waals surface area (Å²) in [4.78, 5) is 21.9. The van der Waals surface area contributed by atoms with Crippen molar-refractivity contribution in [2.45, 2.75) is 13.1 Å². The number of hydrogen-bond acceptors (Lipinski definition) is 5. The van der Waals surface area contributed by atoms with E-state index in [1.165, 1.54) is 23.2 Å². The van der Waals surface area contributed by atoms with E-state index in [9.17, 15) is 13.6 Å². The Morgan fingerprint density at radius 3 is 2.69 bits per heavy atom. The number of hydrogen-bond donors (Lipinski definition) is 2. The molecule has 0 fully saturated rings. The first-order chi connectivity index (χ1) is 14.0. The molecule has 0 aliphatic carbocycles. The average Bonchev–Trinajstić information content (AvgIpc) is 3.26. The highest BCUT2D eigenvalue weighted by Gasteiger charge is 2.30.